The highest BCUT2D eigenvalue weighted by Crippen LogP contribution is 2.33. The maximum absolute atomic E-state index is 9.11. The first-order chi connectivity index (χ1) is 10.1. The van der Waals surface area contributed by atoms with Crippen LogP contribution in [0.15, 0.2) is 0 Å². The second kappa shape index (κ2) is 10.6. The Bertz CT molecular complexity index is 258. The van der Waals surface area contributed by atoms with Crippen molar-refractivity contribution in [2.24, 2.45) is 11.8 Å². The number of hydrogen-bond acceptors (Lipinski definition) is 3. The van der Waals surface area contributed by atoms with Gasteiger partial charge in [-0.1, -0.05) is 26.7 Å². The number of hydrogen-bond donors (Lipinski definition) is 2. The maximum Gasteiger partial charge on any atom is 0.0443 e. The van der Waals surface area contributed by atoms with Crippen LogP contribution in [0.5, 0.6) is 0 Å². The van der Waals surface area contributed by atoms with Gasteiger partial charge in [-0.15, -0.1) is 0 Å². The second-order valence-electron chi connectivity index (χ2n) is 7.06. The van der Waals surface area contributed by atoms with E-state index >= 15 is 0 Å². The molecular weight excluding hydrogens is 260 g/mol. The molecule has 0 amide bonds. The molecule has 2 N–H and O–H groups in total. The van der Waals surface area contributed by atoms with Gasteiger partial charge < -0.3 is 15.3 Å². The fourth-order valence-electron chi connectivity index (χ4n) is 3.90. The second-order valence-corrected chi connectivity index (χ2v) is 7.06. The van der Waals surface area contributed by atoms with E-state index in [1.165, 1.54) is 38.6 Å². The molecule has 0 aromatic rings. The fourth-order valence-corrected chi connectivity index (χ4v) is 3.90. The minimum absolute atomic E-state index is 0.309. The number of nitrogens with zero attached hydrogens (tertiary/aromatic N) is 1. The molecule has 21 heavy (non-hydrogen) atoms. The zero-order valence-corrected chi connectivity index (χ0v) is 14.8. The Morgan fingerprint density at radius 2 is 2.00 bits per heavy atom. The van der Waals surface area contributed by atoms with Crippen LogP contribution in [0.2, 0.25) is 0 Å². The Labute approximate surface area is 132 Å². The molecule has 0 spiro atoms. The molecule has 0 aromatic carbocycles. The van der Waals surface area contributed by atoms with Crippen LogP contribution in [0.4, 0.5) is 0 Å². The molecule has 0 saturated heterocycles. The largest absolute Gasteiger partial charge is 0.396 e. The van der Waals surface area contributed by atoms with Gasteiger partial charge >= 0.3 is 0 Å². The molecule has 1 aliphatic carbocycles. The average Bonchev–Trinajstić information content (AvgIpc) is 2.46. The minimum atomic E-state index is 0.309. The van der Waals surface area contributed by atoms with E-state index in [1.807, 2.05) is 0 Å². The van der Waals surface area contributed by atoms with Crippen LogP contribution in [0.3, 0.4) is 0 Å². The van der Waals surface area contributed by atoms with Gasteiger partial charge in [-0.05, 0) is 57.9 Å². The normalized spacial score (nSPS) is 26.7. The van der Waals surface area contributed by atoms with Gasteiger partial charge in [-0.2, -0.15) is 0 Å². The van der Waals surface area contributed by atoms with E-state index in [1.54, 1.807) is 0 Å². The molecule has 1 fully saturated rings. The van der Waals surface area contributed by atoms with Crippen LogP contribution < -0.4 is 5.32 Å². The lowest BCUT2D eigenvalue weighted by Gasteiger charge is -2.40. The number of aliphatic hydroxyl groups excluding tert-OH is 1. The van der Waals surface area contributed by atoms with Crippen molar-refractivity contribution in [1.29, 1.82) is 0 Å². The van der Waals surface area contributed by atoms with Crippen molar-refractivity contribution in [1.82, 2.24) is 10.2 Å². The summed E-state index contributed by atoms with van der Waals surface area (Å²) in [4.78, 5) is 2.57. The number of aliphatic hydroxyl groups is 1. The lowest BCUT2D eigenvalue weighted by Crippen LogP contribution is -2.47. The van der Waals surface area contributed by atoms with Crippen LogP contribution in [0, 0.1) is 11.8 Å². The molecule has 0 bridgehead atoms. The molecular formula is C18H38N2O. The summed E-state index contributed by atoms with van der Waals surface area (Å²) in [7, 11) is 0. The van der Waals surface area contributed by atoms with Crippen LogP contribution >= 0.6 is 0 Å². The van der Waals surface area contributed by atoms with E-state index in [2.05, 4.69) is 37.9 Å². The van der Waals surface area contributed by atoms with Crippen molar-refractivity contribution in [2.75, 3.05) is 26.2 Å². The van der Waals surface area contributed by atoms with E-state index in [9.17, 15) is 0 Å². The molecule has 0 radical (unpaired) electrons. The van der Waals surface area contributed by atoms with Crippen molar-refractivity contribution in [3.05, 3.63) is 0 Å². The van der Waals surface area contributed by atoms with E-state index in [4.69, 9.17) is 5.11 Å². The first kappa shape index (κ1) is 18.9. The van der Waals surface area contributed by atoms with Crippen molar-refractivity contribution in [3.8, 4) is 0 Å². The molecule has 0 aromatic heterocycles. The lowest BCUT2D eigenvalue weighted by atomic mass is 9.76. The highest BCUT2D eigenvalue weighted by molar-refractivity contribution is 4.87. The Balaban J connectivity index is 2.61. The van der Waals surface area contributed by atoms with E-state index in [-0.39, 0.29) is 0 Å². The molecule has 0 aliphatic heterocycles. The van der Waals surface area contributed by atoms with E-state index in [0.717, 1.165) is 31.3 Å². The van der Waals surface area contributed by atoms with Crippen LogP contribution in [-0.2, 0) is 0 Å². The molecule has 0 heterocycles. The molecule has 3 nitrogen and oxygen atoms in total. The molecule has 1 saturated carbocycles. The van der Waals surface area contributed by atoms with Gasteiger partial charge in [0.15, 0.2) is 0 Å². The predicted molar refractivity (Wildman–Crippen MR) is 91.6 cm³/mol. The van der Waals surface area contributed by atoms with Gasteiger partial charge in [0, 0.05) is 31.8 Å². The minimum Gasteiger partial charge on any atom is -0.396 e. The molecule has 3 heteroatoms. The molecule has 1 rings (SSSR count). The zero-order valence-electron chi connectivity index (χ0n) is 14.8. The van der Waals surface area contributed by atoms with Crippen molar-refractivity contribution >= 4 is 0 Å². The summed E-state index contributed by atoms with van der Waals surface area (Å²) in [5.74, 6) is 1.71. The van der Waals surface area contributed by atoms with Crippen LogP contribution in [-0.4, -0.2) is 48.3 Å². The first-order valence-electron chi connectivity index (χ1n) is 9.20. The number of nitrogens with one attached hydrogen (secondary N) is 1. The summed E-state index contributed by atoms with van der Waals surface area (Å²) >= 11 is 0. The summed E-state index contributed by atoms with van der Waals surface area (Å²) in [6.07, 6.45) is 7.74. The summed E-state index contributed by atoms with van der Waals surface area (Å²) in [6.45, 7) is 12.7. The maximum atomic E-state index is 9.11. The molecule has 3 unspecified atom stereocenters. The van der Waals surface area contributed by atoms with Gasteiger partial charge in [-0.3, -0.25) is 0 Å². The molecule has 3 atom stereocenters. The van der Waals surface area contributed by atoms with Gasteiger partial charge in [0.25, 0.3) is 0 Å². The highest BCUT2D eigenvalue weighted by atomic mass is 16.3. The van der Waals surface area contributed by atoms with Gasteiger partial charge in [0.05, 0.1) is 0 Å². The monoisotopic (exact) mass is 298 g/mol. The third kappa shape index (κ3) is 6.66. The van der Waals surface area contributed by atoms with Crippen molar-refractivity contribution < 1.29 is 5.11 Å². The first-order valence-corrected chi connectivity index (χ1v) is 9.20. The Hall–Kier alpha value is -0.120. The van der Waals surface area contributed by atoms with Crippen molar-refractivity contribution in [3.63, 3.8) is 0 Å². The van der Waals surface area contributed by atoms with Crippen molar-refractivity contribution in [2.45, 2.75) is 78.3 Å². The van der Waals surface area contributed by atoms with Gasteiger partial charge in [-0.25, -0.2) is 0 Å². The standard InChI is InChI=1S/C18H38N2O/c1-5-8-16-9-10-18(19-6-2)17(13-16)14-20(15(3)4)11-7-12-21/h15-19,21H,5-14H2,1-4H3. The smallest absolute Gasteiger partial charge is 0.0443 e. The third-order valence-electron chi connectivity index (χ3n) is 5.06. The molecule has 1 aliphatic rings. The van der Waals surface area contributed by atoms with Crippen LogP contribution in [0.25, 0.3) is 0 Å². The Kier molecular flexibility index (Phi) is 9.54. The average molecular weight is 299 g/mol. The SMILES string of the molecule is CCCC1CCC(NCC)C(CN(CCCO)C(C)C)C1. The zero-order chi connectivity index (χ0) is 15.7. The summed E-state index contributed by atoms with van der Waals surface area (Å²) < 4.78 is 0. The summed E-state index contributed by atoms with van der Waals surface area (Å²) in [6, 6.07) is 1.27. The summed E-state index contributed by atoms with van der Waals surface area (Å²) in [5, 5.41) is 12.8. The Morgan fingerprint density at radius 1 is 1.24 bits per heavy atom. The topological polar surface area (TPSA) is 35.5 Å². The fraction of sp³-hybridized carbons (Fsp3) is 1.00. The van der Waals surface area contributed by atoms with Gasteiger partial charge in [0.2, 0.25) is 0 Å². The van der Waals surface area contributed by atoms with E-state index in [0.29, 0.717) is 18.7 Å². The lowest BCUT2D eigenvalue weighted by molar-refractivity contribution is 0.111. The summed E-state index contributed by atoms with van der Waals surface area (Å²) in [5.41, 5.74) is 0. The Morgan fingerprint density at radius 3 is 2.57 bits per heavy atom. The van der Waals surface area contributed by atoms with Crippen LogP contribution in [0.1, 0.15) is 66.2 Å². The predicted octanol–water partition coefficient (Wildman–Crippen LogP) is 3.27. The molecule has 126 valence electrons. The quantitative estimate of drug-likeness (QED) is 0.650. The number of rotatable bonds is 10. The van der Waals surface area contributed by atoms with E-state index < -0.39 is 0 Å². The third-order valence-corrected chi connectivity index (χ3v) is 5.06. The highest BCUT2D eigenvalue weighted by Gasteiger charge is 2.31. The van der Waals surface area contributed by atoms with Gasteiger partial charge in [0.1, 0.15) is 0 Å².